The van der Waals surface area contributed by atoms with Gasteiger partial charge in [-0.1, -0.05) is 24.3 Å². The summed E-state index contributed by atoms with van der Waals surface area (Å²) in [5.41, 5.74) is 1.91. The molecule has 4 aromatic carbocycles. The van der Waals surface area contributed by atoms with Gasteiger partial charge in [0.2, 0.25) is 0 Å². The molecule has 0 fully saturated rings. The molecule has 0 aliphatic carbocycles. The molecule has 1 amide bonds. The van der Waals surface area contributed by atoms with Gasteiger partial charge in [0.25, 0.3) is 5.91 Å². The highest BCUT2D eigenvalue weighted by Gasteiger charge is 2.21. The van der Waals surface area contributed by atoms with Gasteiger partial charge in [0.15, 0.2) is 0 Å². The number of amides is 1. The lowest BCUT2D eigenvalue weighted by Crippen LogP contribution is -2.31. The van der Waals surface area contributed by atoms with Crippen molar-refractivity contribution in [1.82, 2.24) is 4.98 Å². The van der Waals surface area contributed by atoms with Gasteiger partial charge in [0.1, 0.15) is 23.3 Å². The minimum absolute atomic E-state index is 0.0570. The van der Waals surface area contributed by atoms with E-state index in [-0.39, 0.29) is 41.3 Å². The fraction of sp³-hybridized carbons (Fsp3) is 0.111. The van der Waals surface area contributed by atoms with Gasteiger partial charge in [0.05, 0.1) is 31.9 Å². The molecule has 12 heteroatoms. The quantitative estimate of drug-likeness (QED) is 0.131. The number of anilines is 2. The normalized spacial score (nSPS) is 10.3. The highest BCUT2D eigenvalue weighted by molar-refractivity contribution is 6.06. The molecule has 0 radical (unpaired) electrons. The van der Waals surface area contributed by atoms with Crippen molar-refractivity contribution in [3.05, 3.63) is 161 Å². The summed E-state index contributed by atoms with van der Waals surface area (Å²) >= 11 is 0. The molecular formula is C36H29F4N3O5. The molecule has 0 aliphatic rings. The predicted octanol–water partition coefficient (Wildman–Crippen LogP) is 7.36. The lowest BCUT2D eigenvalue weighted by Gasteiger charge is -2.23. The summed E-state index contributed by atoms with van der Waals surface area (Å²) in [5, 5.41) is 2.91. The second-order valence-corrected chi connectivity index (χ2v) is 10.1. The summed E-state index contributed by atoms with van der Waals surface area (Å²) < 4.78 is 64.1. The molecule has 0 saturated heterocycles. The molecule has 5 aromatic rings. The topological polar surface area (TPSA) is 97.8 Å². The van der Waals surface area contributed by atoms with Crippen molar-refractivity contribution in [3.63, 3.8) is 0 Å². The first-order valence-corrected chi connectivity index (χ1v) is 14.3. The summed E-state index contributed by atoms with van der Waals surface area (Å²) in [7, 11) is 2.44. The highest BCUT2D eigenvalue weighted by Crippen LogP contribution is 2.23. The lowest BCUT2D eigenvalue weighted by atomic mass is 10.1. The van der Waals surface area contributed by atoms with Gasteiger partial charge in [-0.2, -0.15) is 0 Å². The molecule has 0 atom stereocenters. The zero-order valence-electron chi connectivity index (χ0n) is 25.8. The zero-order chi connectivity index (χ0) is 34.6. The molecular weight excluding hydrogens is 630 g/mol. The monoisotopic (exact) mass is 659 g/mol. The number of methoxy groups -OCH3 is 2. The Balaban J connectivity index is 0.000000229. The maximum absolute atomic E-state index is 14.5. The van der Waals surface area contributed by atoms with E-state index in [2.05, 4.69) is 19.8 Å². The fourth-order valence-corrected chi connectivity index (χ4v) is 4.40. The van der Waals surface area contributed by atoms with E-state index in [1.807, 2.05) is 0 Å². The third-order valence-corrected chi connectivity index (χ3v) is 6.88. The van der Waals surface area contributed by atoms with Crippen LogP contribution in [0.3, 0.4) is 0 Å². The lowest BCUT2D eigenvalue weighted by molar-refractivity contribution is 0.0591. The van der Waals surface area contributed by atoms with Crippen molar-refractivity contribution in [2.24, 2.45) is 0 Å². The summed E-state index contributed by atoms with van der Waals surface area (Å²) in [6.45, 7) is 0.0363. The fourth-order valence-electron chi connectivity index (χ4n) is 4.40. The predicted molar refractivity (Wildman–Crippen MR) is 170 cm³/mol. The van der Waals surface area contributed by atoms with E-state index in [1.54, 1.807) is 18.2 Å². The van der Waals surface area contributed by atoms with Crippen molar-refractivity contribution >= 4 is 29.2 Å². The number of hydrogen-bond acceptors (Lipinski definition) is 7. The first-order chi connectivity index (χ1) is 23.1. The number of hydrogen-bond donors (Lipinski definition) is 1. The van der Waals surface area contributed by atoms with E-state index >= 15 is 0 Å². The molecule has 8 nitrogen and oxygen atoms in total. The Labute approximate surface area is 273 Å². The van der Waals surface area contributed by atoms with Crippen LogP contribution in [0.4, 0.5) is 28.9 Å². The van der Waals surface area contributed by atoms with E-state index in [0.717, 1.165) is 12.1 Å². The minimum Gasteiger partial charge on any atom is -0.465 e. The number of halogens is 4. The van der Waals surface area contributed by atoms with Crippen LogP contribution in [-0.4, -0.2) is 37.0 Å². The zero-order valence-corrected chi connectivity index (χ0v) is 25.8. The van der Waals surface area contributed by atoms with Crippen LogP contribution in [0.5, 0.6) is 0 Å². The van der Waals surface area contributed by atoms with E-state index < -0.39 is 35.3 Å². The first-order valence-electron chi connectivity index (χ1n) is 14.3. The van der Waals surface area contributed by atoms with Crippen LogP contribution in [0.1, 0.15) is 42.2 Å². The van der Waals surface area contributed by atoms with Crippen molar-refractivity contribution in [3.8, 4) is 0 Å². The number of esters is 2. The molecule has 0 bridgehead atoms. The molecule has 246 valence electrons. The van der Waals surface area contributed by atoms with E-state index in [0.29, 0.717) is 16.8 Å². The number of aromatic nitrogens is 1. The Morgan fingerprint density at radius 3 is 1.77 bits per heavy atom. The van der Waals surface area contributed by atoms with Gasteiger partial charge in [-0.25, -0.2) is 27.2 Å². The van der Waals surface area contributed by atoms with Crippen LogP contribution in [0.25, 0.3) is 0 Å². The van der Waals surface area contributed by atoms with E-state index in [4.69, 9.17) is 0 Å². The number of rotatable bonds is 9. The molecule has 5 rings (SSSR count). The van der Waals surface area contributed by atoms with Crippen LogP contribution in [0.15, 0.2) is 109 Å². The molecule has 1 N–H and O–H groups in total. The standard InChI is InChI=1S/C21H16F2N2O3.C15H13F2NO2/c1-28-21(27)15-5-6-16(19(23)11-15)13-25(18-4-2-3-17(22)12-18)20(26)14-7-9-24-10-8-14;1-20-15(19)10-5-6-11(14(17)7-10)9-18-13-4-2-3-12(16)8-13/h2-12H,13H2,1H3;2-8,18H,9H2,1H3. The van der Waals surface area contributed by atoms with E-state index in [1.165, 1.54) is 98.2 Å². The SMILES string of the molecule is COC(=O)c1ccc(CN(C(=O)c2ccncc2)c2cccc(F)c2)c(F)c1.COC(=O)c1ccc(CNc2cccc(F)c2)c(F)c1. The first kappa shape index (κ1) is 34.8. The Morgan fingerprint density at radius 2 is 1.23 bits per heavy atom. The third-order valence-electron chi connectivity index (χ3n) is 6.88. The van der Waals surface area contributed by atoms with Crippen LogP contribution < -0.4 is 10.2 Å². The summed E-state index contributed by atoms with van der Waals surface area (Å²) in [6.07, 6.45) is 2.92. The van der Waals surface area contributed by atoms with Crippen LogP contribution in [-0.2, 0) is 22.6 Å². The molecule has 1 heterocycles. The third kappa shape index (κ3) is 9.25. The summed E-state index contributed by atoms with van der Waals surface area (Å²) in [5.74, 6) is -3.77. The number of pyridine rings is 1. The molecule has 0 aliphatic heterocycles. The Hall–Kier alpha value is -6.04. The summed E-state index contributed by atoms with van der Waals surface area (Å²) in [4.78, 5) is 40.9. The smallest absolute Gasteiger partial charge is 0.337 e. The number of nitrogens with zero attached hydrogens (tertiary/aromatic N) is 2. The molecule has 0 saturated carbocycles. The van der Waals surface area contributed by atoms with Gasteiger partial charge in [-0.15, -0.1) is 0 Å². The minimum atomic E-state index is -0.674. The summed E-state index contributed by atoms with van der Waals surface area (Å²) in [6, 6.07) is 22.4. The molecule has 1 aromatic heterocycles. The number of carbonyl (C=O) groups excluding carboxylic acids is 3. The van der Waals surface area contributed by atoms with Crippen LogP contribution in [0, 0.1) is 23.3 Å². The van der Waals surface area contributed by atoms with Gasteiger partial charge in [0, 0.05) is 47.0 Å². The second kappa shape index (κ2) is 16.5. The second-order valence-electron chi connectivity index (χ2n) is 10.1. The van der Waals surface area contributed by atoms with Gasteiger partial charge in [-0.3, -0.25) is 9.78 Å². The number of carbonyl (C=O) groups is 3. The Bertz CT molecular complexity index is 1910. The Morgan fingerprint density at radius 1 is 0.667 bits per heavy atom. The van der Waals surface area contributed by atoms with E-state index in [9.17, 15) is 31.9 Å². The van der Waals surface area contributed by atoms with Gasteiger partial charge >= 0.3 is 11.9 Å². The van der Waals surface area contributed by atoms with Gasteiger partial charge < -0.3 is 19.7 Å². The number of benzene rings is 4. The van der Waals surface area contributed by atoms with Crippen molar-refractivity contribution < 1.29 is 41.4 Å². The average Bonchev–Trinajstić information content (AvgIpc) is 3.10. The number of nitrogens with one attached hydrogen (secondary N) is 1. The van der Waals surface area contributed by atoms with Crippen molar-refractivity contribution in [1.29, 1.82) is 0 Å². The van der Waals surface area contributed by atoms with Gasteiger partial charge in [-0.05, 0) is 72.8 Å². The molecule has 0 unspecified atom stereocenters. The number of ether oxygens (including phenoxy) is 2. The largest absolute Gasteiger partial charge is 0.465 e. The van der Waals surface area contributed by atoms with Crippen LogP contribution >= 0.6 is 0 Å². The average molecular weight is 660 g/mol. The highest BCUT2D eigenvalue weighted by atomic mass is 19.1. The Kier molecular flexibility index (Phi) is 12.0. The maximum atomic E-state index is 14.5. The maximum Gasteiger partial charge on any atom is 0.337 e. The van der Waals surface area contributed by atoms with Crippen molar-refractivity contribution in [2.75, 3.05) is 24.4 Å². The molecule has 0 spiro atoms. The van der Waals surface area contributed by atoms with Crippen LogP contribution in [0.2, 0.25) is 0 Å². The van der Waals surface area contributed by atoms with Crippen molar-refractivity contribution in [2.45, 2.75) is 13.1 Å². The molecule has 48 heavy (non-hydrogen) atoms.